The zero-order valence-corrected chi connectivity index (χ0v) is 10.7. The van der Waals surface area contributed by atoms with Crippen LogP contribution >= 0.6 is 26.2 Å². The fourth-order valence-electron chi connectivity index (χ4n) is 0.718. The molecule has 0 bridgehead atoms. The van der Waals surface area contributed by atoms with Crippen molar-refractivity contribution in [1.29, 1.82) is 0 Å². The first-order valence-electron chi connectivity index (χ1n) is 3.77. The van der Waals surface area contributed by atoms with Gasteiger partial charge in [0.1, 0.15) is 0 Å². The molecule has 0 aromatic rings. The lowest BCUT2D eigenvalue weighted by Crippen LogP contribution is -2.49. The second-order valence-electron chi connectivity index (χ2n) is 2.63. The molecule has 0 spiro atoms. The van der Waals surface area contributed by atoms with Crippen LogP contribution in [-0.4, -0.2) is 23.0 Å². The predicted molar refractivity (Wildman–Crippen MR) is 49.8 cm³/mol. The van der Waals surface area contributed by atoms with Crippen LogP contribution in [0.4, 0.5) is 35.1 Å². The monoisotopic (exact) mass is 343 g/mol. The van der Waals surface area contributed by atoms with Gasteiger partial charge in [0.05, 0.1) is 0 Å². The van der Waals surface area contributed by atoms with Crippen LogP contribution in [0.25, 0.3) is 0 Å². The van der Waals surface area contributed by atoms with E-state index in [1.165, 1.54) is 0 Å². The van der Waals surface area contributed by atoms with Crippen molar-refractivity contribution in [3.63, 3.8) is 0 Å². The molecule has 0 aromatic carbocycles. The number of nitrogens with one attached hydrogen (secondary N) is 2. The summed E-state index contributed by atoms with van der Waals surface area (Å²) in [5.41, 5.74) is 0. The van der Waals surface area contributed by atoms with Crippen molar-refractivity contribution in [1.82, 2.24) is 14.2 Å². The van der Waals surface area contributed by atoms with E-state index in [1.807, 2.05) is 0 Å². The number of alkyl halides is 8. The Hall–Kier alpha value is 0.570. The summed E-state index contributed by atoms with van der Waals surface area (Å²) in [7, 11) is -5.28. The molecule has 3 unspecified atom stereocenters. The Kier molecular flexibility index (Phi) is 5.10. The van der Waals surface area contributed by atoms with Crippen molar-refractivity contribution in [2.45, 2.75) is 18.6 Å². The first-order chi connectivity index (χ1) is 7.95. The van der Waals surface area contributed by atoms with Crippen LogP contribution in [0, 0.1) is 0 Å². The second kappa shape index (κ2) is 5.52. The quantitative estimate of drug-likeness (QED) is 0.458. The Morgan fingerprint density at radius 2 is 1.56 bits per heavy atom. The van der Waals surface area contributed by atoms with Gasteiger partial charge < -0.3 is 0 Å². The zero-order chi connectivity index (χ0) is 14.2. The third-order valence-electron chi connectivity index (χ3n) is 1.35. The summed E-state index contributed by atoms with van der Waals surface area (Å²) in [6.45, 7) is 0. The SMILES string of the molecule is FC(F)(F)OP1NPNPN1C(F)(F)C(F)(F)F. The van der Waals surface area contributed by atoms with Gasteiger partial charge in [0.2, 0.25) is 8.45 Å². The molecule has 1 heterocycles. The van der Waals surface area contributed by atoms with Gasteiger partial charge in [-0.05, 0) is 0 Å². The molecule has 4 nitrogen and oxygen atoms in total. The van der Waals surface area contributed by atoms with Crippen LogP contribution in [0.15, 0.2) is 0 Å². The van der Waals surface area contributed by atoms with Gasteiger partial charge in [-0.1, -0.05) is 0 Å². The van der Waals surface area contributed by atoms with Crippen molar-refractivity contribution in [3.8, 4) is 0 Å². The first kappa shape index (κ1) is 16.6. The topological polar surface area (TPSA) is 36.5 Å². The summed E-state index contributed by atoms with van der Waals surface area (Å²) in [6.07, 6.45) is -11.3. The Morgan fingerprint density at radius 1 is 1.00 bits per heavy atom. The van der Waals surface area contributed by atoms with Crippen LogP contribution < -0.4 is 9.72 Å². The van der Waals surface area contributed by atoms with Crippen molar-refractivity contribution < 1.29 is 39.6 Å². The molecule has 0 amide bonds. The Labute approximate surface area is 99.5 Å². The molecule has 0 saturated carbocycles. The van der Waals surface area contributed by atoms with Gasteiger partial charge in [-0.25, -0.2) is 9.38 Å². The number of nitrogens with zero attached hydrogens (tertiary/aromatic N) is 1. The fourth-order valence-corrected chi connectivity index (χ4v) is 5.33. The lowest BCUT2D eigenvalue weighted by atomic mass is 10.6. The summed E-state index contributed by atoms with van der Waals surface area (Å²) in [5, 5.41) is 0. The summed E-state index contributed by atoms with van der Waals surface area (Å²) in [5.74, 6) is 0. The molecule has 2 N–H and O–H groups in total. The zero-order valence-electron chi connectivity index (χ0n) is 7.83. The number of hydrogen-bond donors (Lipinski definition) is 2. The molecule has 1 rings (SSSR count). The summed E-state index contributed by atoms with van der Waals surface area (Å²) >= 11 is 0. The highest BCUT2D eigenvalue weighted by atomic mass is 31.2. The molecule has 1 aliphatic heterocycles. The molecule has 0 aromatic heterocycles. The highest BCUT2D eigenvalue weighted by molar-refractivity contribution is 7.70. The maximum Gasteiger partial charge on any atom is 0.527 e. The normalized spacial score (nSPS) is 27.0. The highest BCUT2D eigenvalue weighted by Gasteiger charge is 2.65. The van der Waals surface area contributed by atoms with Crippen LogP contribution in [0.5, 0.6) is 0 Å². The van der Waals surface area contributed by atoms with E-state index in [2.05, 4.69) is 9.38 Å². The second-order valence-corrected chi connectivity index (χ2v) is 6.95. The van der Waals surface area contributed by atoms with E-state index in [1.54, 1.807) is 4.86 Å². The lowest BCUT2D eigenvalue weighted by molar-refractivity contribution is -0.314. The van der Waals surface area contributed by atoms with E-state index in [9.17, 15) is 35.1 Å². The minimum absolute atomic E-state index is 0.610. The van der Waals surface area contributed by atoms with Gasteiger partial charge in [0.25, 0.3) is 0 Å². The maximum absolute atomic E-state index is 12.9. The summed E-state index contributed by atoms with van der Waals surface area (Å²) < 4.78 is 100. The van der Waals surface area contributed by atoms with Crippen LogP contribution in [0.3, 0.4) is 0 Å². The van der Waals surface area contributed by atoms with Crippen LogP contribution in [0.1, 0.15) is 0 Å². The fraction of sp³-hybridized carbons (Fsp3) is 1.00. The van der Waals surface area contributed by atoms with Gasteiger partial charge in [-0.15, -0.1) is 17.6 Å². The van der Waals surface area contributed by atoms with Crippen molar-refractivity contribution in [3.05, 3.63) is 0 Å². The van der Waals surface area contributed by atoms with E-state index in [4.69, 9.17) is 0 Å². The smallest absolute Gasteiger partial charge is 0.253 e. The number of hydrogen-bond acceptors (Lipinski definition) is 4. The van der Waals surface area contributed by atoms with E-state index in [0.29, 0.717) is 0 Å². The Bertz CT molecular complexity index is 296. The van der Waals surface area contributed by atoms with Crippen LogP contribution in [0.2, 0.25) is 0 Å². The standard InChI is InChI=1S/C3H4F8N3OP3/c4-1(5,6)2(7,8)14-17-12-16-13-18(14)15-3(9,10)11/h12-13,16-17H. The Morgan fingerprint density at radius 3 is 2.00 bits per heavy atom. The largest absolute Gasteiger partial charge is 0.527 e. The molecule has 1 aliphatic rings. The van der Waals surface area contributed by atoms with Crippen molar-refractivity contribution >= 4 is 26.2 Å². The van der Waals surface area contributed by atoms with E-state index in [0.717, 1.165) is 0 Å². The minimum atomic E-state index is -6.00. The maximum atomic E-state index is 12.9. The molecule has 3 atom stereocenters. The van der Waals surface area contributed by atoms with Gasteiger partial charge in [-0.2, -0.15) is 22.0 Å². The average molecular weight is 343 g/mol. The Balaban J connectivity index is 2.89. The van der Waals surface area contributed by atoms with E-state index >= 15 is 0 Å². The molecule has 1 saturated heterocycles. The molecular weight excluding hydrogens is 339 g/mol. The van der Waals surface area contributed by atoms with E-state index in [-0.39, 0.29) is 0 Å². The summed E-state index contributed by atoms with van der Waals surface area (Å²) in [4.78, 5) is 3.88. The number of halogens is 8. The molecule has 0 aliphatic carbocycles. The lowest BCUT2D eigenvalue weighted by Gasteiger charge is -2.39. The highest BCUT2D eigenvalue weighted by Crippen LogP contribution is 2.61. The van der Waals surface area contributed by atoms with Gasteiger partial charge in [0, 0.05) is 17.8 Å². The molecule has 18 heavy (non-hydrogen) atoms. The van der Waals surface area contributed by atoms with Crippen molar-refractivity contribution in [2.24, 2.45) is 0 Å². The average Bonchev–Trinajstić information content (AvgIpc) is 2.13. The predicted octanol–water partition coefficient (Wildman–Crippen LogP) is 3.42. The molecular formula is C3H4F8N3OP3. The van der Waals surface area contributed by atoms with Gasteiger partial charge >= 0.3 is 18.6 Å². The van der Waals surface area contributed by atoms with E-state index < -0.39 is 49.2 Å². The third kappa shape index (κ3) is 4.03. The molecule has 15 heteroatoms. The third-order valence-corrected chi connectivity index (χ3v) is 5.85. The minimum Gasteiger partial charge on any atom is -0.253 e. The van der Waals surface area contributed by atoms with Gasteiger partial charge in [0.15, 0.2) is 0 Å². The molecule has 0 radical (unpaired) electrons. The van der Waals surface area contributed by atoms with Gasteiger partial charge in [-0.3, -0.25) is 4.86 Å². The first-order valence-corrected chi connectivity index (χ1v) is 6.93. The molecule has 1 fully saturated rings. The summed E-state index contributed by atoms with van der Waals surface area (Å²) in [6, 6.07) is -5.42. The van der Waals surface area contributed by atoms with Crippen molar-refractivity contribution in [2.75, 3.05) is 0 Å². The number of rotatable bonds is 2. The van der Waals surface area contributed by atoms with Crippen LogP contribution in [-0.2, 0) is 4.52 Å². The molecule has 108 valence electrons.